The highest BCUT2D eigenvalue weighted by molar-refractivity contribution is 5.37. The van der Waals surface area contributed by atoms with Crippen molar-refractivity contribution >= 4 is 0 Å². The number of nitrogens with zero attached hydrogens (tertiary/aromatic N) is 1. The lowest BCUT2D eigenvalue weighted by Crippen LogP contribution is -2.20. The van der Waals surface area contributed by atoms with Gasteiger partial charge in [0.2, 0.25) is 0 Å². The van der Waals surface area contributed by atoms with E-state index < -0.39 is 0 Å². The molecule has 0 radical (unpaired) electrons. The first-order valence-electron chi connectivity index (χ1n) is 6.05. The summed E-state index contributed by atoms with van der Waals surface area (Å²) in [6.07, 6.45) is 0. The molecule has 4 heteroatoms. The van der Waals surface area contributed by atoms with Crippen molar-refractivity contribution in [1.29, 1.82) is 5.26 Å². The van der Waals surface area contributed by atoms with Crippen LogP contribution in [0.5, 0.6) is 0 Å². The third-order valence-corrected chi connectivity index (χ3v) is 2.64. The summed E-state index contributed by atoms with van der Waals surface area (Å²) < 4.78 is 10.2. The van der Waals surface area contributed by atoms with Gasteiger partial charge >= 0.3 is 0 Å². The molecule has 0 heterocycles. The Morgan fingerprint density at radius 3 is 2.78 bits per heavy atom. The van der Waals surface area contributed by atoms with E-state index in [1.54, 1.807) is 7.11 Å². The van der Waals surface area contributed by atoms with Crippen molar-refractivity contribution in [2.45, 2.75) is 13.5 Å². The Labute approximate surface area is 109 Å². The van der Waals surface area contributed by atoms with Crippen LogP contribution < -0.4 is 5.32 Å². The van der Waals surface area contributed by atoms with Crippen LogP contribution in [0, 0.1) is 18.3 Å². The summed E-state index contributed by atoms with van der Waals surface area (Å²) in [5.74, 6) is 0. The average molecular weight is 248 g/mol. The standard InChI is InChI=1S/C14H20N2O2/c1-12-9-13(10-15)3-4-14(12)11-16-5-6-18-8-7-17-2/h3-4,9,16H,5-8,11H2,1-2H3. The SMILES string of the molecule is COCCOCCNCc1ccc(C#N)cc1C. The minimum atomic E-state index is 0.633. The van der Waals surface area contributed by atoms with Crippen molar-refractivity contribution in [3.8, 4) is 6.07 Å². The Kier molecular flexibility index (Phi) is 7.04. The fraction of sp³-hybridized carbons (Fsp3) is 0.500. The topological polar surface area (TPSA) is 54.3 Å². The van der Waals surface area contributed by atoms with Crippen LogP contribution >= 0.6 is 0 Å². The molecule has 0 aromatic heterocycles. The number of aryl methyl sites for hydroxylation is 1. The van der Waals surface area contributed by atoms with Crippen LogP contribution in [0.15, 0.2) is 18.2 Å². The summed E-state index contributed by atoms with van der Waals surface area (Å²) in [6.45, 7) is 5.57. The first-order valence-corrected chi connectivity index (χ1v) is 6.05. The second-order valence-corrected chi connectivity index (χ2v) is 4.04. The van der Waals surface area contributed by atoms with E-state index in [2.05, 4.69) is 11.4 Å². The molecule has 1 N–H and O–H groups in total. The van der Waals surface area contributed by atoms with E-state index in [9.17, 15) is 0 Å². The number of ether oxygens (including phenoxy) is 2. The summed E-state index contributed by atoms with van der Waals surface area (Å²) >= 11 is 0. The summed E-state index contributed by atoms with van der Waals surface area (Å²) in [7, 11) is 1.66. The molecule has 0 unspecified atom stereocenters. The van der Waals surface area contributed by atoms with Crippen molar-refractivity contribution in [3.05, 3.63) is 34.9 Å². The number of hydrogen-bond donors (Lipinski definition) is 1. The van der Waals surface area contributed by atoms with Crippen molar-refractivity contribution in [1.82, 2.24) is 5.32 Å². The molecule has 0 aliphatic heterocycles. The molecule has 1 aromatic carbocycles. The van der Waals surface area contributed by atoms with Crippen molar-refractivity contribution in [2.24, 2.45) is 0 Å². The molecule has 4 nitrogen and oxygen atoms in total. The van der Waals surface area contributed by atoms with E-state index in [-0.39, 0.29) is 0 Å². The molecule has 0 atom stereocenters. The van der Waals surface area contributed by atoms with Crippen molar-refractivity contribution in [2.75, 3.05) is 33.5 Å². The summed E-state index contributed by atoms with van der Waals surface area (Å²) in [5.41, 5.74) is 3.06. The van der Waals surface area contributed by atoms with E-state index in [0.717, 1.165) is 18.7 Å². The van der Waals surface area contributed by atoms with Gasteiger partial charge in [0.15, 0.2) is 0 Å². The van der Waals surface area contributed by atoms with Crippen LogP contribution in [-0.4, -0.2) is 33.5 Å². The number of hydrogen-bond acceptors (Lipinski definition) is 4. The Morgan fingerprint density at radius 2 is 2.11 bits per heavy atom. The lowest BCUT2D eigenvalue weighted by Gasteiger charge is -2.08. The van der Waals surface area contributed by atoms with Gasteiger partial charge in [-0.05, 0) is 30.2 Å². The molecular weight excluding hydrogens is 228 g/mol. The summed E-state index contributed by atoms with van der Waals surface area (Å²) in [4.78, 5) is 0. The largest absolute Gasteiger partial charge is 0.382 e. The first-order chi connectivity index (χ1) is 8.77. The highest BCUT2D eigenvalue weighted by atomic mass is 16.5. The minimum absolute atomic E-state index is 0.633. The zero-order chi connectivity index (χ0) is 13.2. The van der Waals surface area contributed by atoms with Gasteiger partial charge in [-0.15, -0.1) is 0 Å². The number of nitrogens with one attached hydrogen (secondary N) is 1. The lowest BCUT2D eigenvalue weighted by molar-refractivity contribution is 0.0719. The number of methoxy groups -OCH3 is 1. The minimum Gasteiger partial charge on any atom is -0.382 e. The van der Waals surface area contributed by atoms with Crippen LogP contribution in [0.3, 0.4) is 0 Å². The fourth-order valence-electron chi connectivity index (χ4n) is 1.58. The lowest BCUT2D eigenvalue weighted by atomic mass is 10.1. The van der Waals surface area contributed by atoms with E-state index in [1.165, 1.54) is 5.56 Å². The van der Waals surface area contributed by atoms with E-state index in [0.29, 0.717) is 25.4 Å². The van der Waals surface area contributed by atoms with Gasteiger partial charge in [0, 0.05) is 20.2 Å². The van der Waals surface area contributed by atoms with E-state index in [1.807, 2.05) is 25.1 Å². The van der Waals surface area contributed by atoms with Gasteiger partial charge in [0.05, 0.1) is 31.5 Å². The van der Waals surface area contributed by atoms with Gasteiger partial charge in [-0.2, -0.15) is 5.26 Å². The Bertz CT molecular complexity index is 399. The molecule has 0 fully saturated rings. The summed E-state index contributed by atoms with van der Waals surface area (Å²) in [6, 6.07) is 7.89. The van der Waals surface area contributed by atoms with Crippen molar-refractivity contribution in [3.63, 3.8) is 0 Å². The number of benzene rings is 1. The maximum atomic E-state index is 8.78. The smallest absolute Gasteiger partial charge is 0.0991 e. The zero-order valence-corrected chi connectivity index (χ0v) is 11.0. The normalized spacial score (nSPS) is 10.3. The Hall–Kier alpha value is -1.41. The van der Waals surface area contributed by atoms with E-state index in [4.69, 9.17) is 14.7 Å². The van der Waals surface area contributed by atoms with Gasteiger partial charge in [-0.1, -0.05) is 6.07 Å². The quantitative estimate of drug-likeness (QED) is 0.710. The fourth-order valence-corrected chi connectivity index (χ4v) is 1.58. The van der Waals surface area contributed by atoms with Crippen LogP contribution in [0.4, 0.5) is 0 Å². The molecule has 18 heavy (non-hydrogen) atoms. The monoisotopic (exact) mass is 248 g/mol. The molecule has 1 aromatic rings. The van der Waals surface area contributed by atoms with Gasteiger partial charge in [0.1, 0.15) is 0 Å². The Balaban J connectivity index is 2.21. The van der Waals surface area contributed by atoms with Crippen LogP contribution in [0.1, 0.15) is 16.7 Å². The third kappa shape index (κ3) is 5.28. The van der Waals surface area contributed by atoms with Gasteiger partial charge in [-0.3, -0.25) is 0 Å². The average Bonchev–Trinajstić information content (AvgIpc) is 2.39. The molecule has 0 aliphatic rings. The summed E-state index contributed by atoms with van der Waals surface area (Å²) in [5, 5.41) is 12.1. The highest BCUT2D eigenvalue weighted by Gasteiger charge is 1.99. The Morgan fingerprint density at radius 1 is 1.28 bits per heavy atom. The third-order valence-electron chi connectivity index (χ3n) is 2.64. The maximum absolute atomic E-state index is 8.78. The number of nitriles is 1. The molecule has 0 spiro atoms. The molecule has 0 saturated carbocycles. The molecule has 0 aliphatic carbocycles. The van der Waals surface area contributed by atoms with Crippen LogP contribution in [0.2, 0.25) is 0 Å². The maximum Gasteiger partial charge on any atom is 0.0991 e. The predicted molar refractivity (Wildman–Crippen MR) is 70.3 cm³/mol. The molecule has 0 amide bonds. The molecule has 0 saturated heterocycles. The van der Waals surface area contributed by atoms with Gasteiger partial charge in [-0.25, -0.2) is 0 Å². The second-order valence-electron chi connectivity index (χ2n) is 4.04. The molecule has 98 valence electrons. The van der Waals surface area contributed by atoms with Crippen LogP contribution in [0.25, 0.3) is 0 Å². The van der Waals surface area contributed by atoms with Crippen molar-refractivity contribution < 1.29 is 9.47 Å². The second kappa shape index (κ2) is 8.65. The highest BCUT2D eigenvalue weighted by Crippen LogP contribution is 2.09. The van der Waals surface area contributed by atoms with Gasteiger partial charge in [0.25, 0.3) is 0 Å². The molecular formula is C14H20N2O2. The number of rotatable bonds is 8. The first kappa shape index (κ1) is 14.7. The molecule has 0 bridgehead atoms. The molecule has 1 rings (SSSR count). The van der Waals surface area contributed by atoms with Crippen LogP contribution in [-0.2, 0) is 16.0 Å². The predicted octanol–water partition coefficient (Wildman–Crippen LogP) is 1.62. The zero-order valence-electron chi connectivity index (χ0n) is 11.0. The van der Waals surface area contributed by atoms with Gasteiger partial charge < -0.3 is 14.8 Å². The van der Waals surface area contributed by atoms with E-state index >= 15 is 0 Å².